The number of nitrogens with one attached hydrogen (secondary N) is 2. The Labute approximate surface area is 188 Å². The van der Waals surface area contributed by atoms with E-state index in [1.807, 2.05) is 0 Å². The van der Waals surface area contributed by atoms with E-state index in [9.17, 15) is 14.4 Å². The van der Waals surface area contributed by atoms with Gasteiger partial charge in [-0.3, -0.25) is 19.4 Å². The quantitative estimate of drug-likeness (QED) is 0.164. The van der Waals surface area contributed by atoms with Crippen molar-refractivity contribution in [3.05, 3.63) is 29.8 Å². The molecule has 0 bridgehead atoms. The summed E-state index contributed by atoms with van der Waals surface area (Å²) in [6.45, 7) is 0.386. The zero-order chi connectivity index (χ0) is 23.5. The van der Waals surface area contributed by atoms with Gasteiger partial charge >= 0.3 is 0 Å². The minimum absolute atomic E-state index is 0.00361. The molecule has 0 radical (unpaired) electrons. The van der Waals surface area contributed by atoms with Gasteiger partial charge in [-0.2, -0.15) is 0 Å². The molecular formula is C22H35N7O3. The zero-order valence-corrected chi connectivity index (χ0v) is 18.4. The lowest BCUT2D eigenvalue weighted by molar-refractivity contribution is -0.127. The lowest BCUT2D eigenvalue weighted by Crippen LogP contribution is -2.50. The van der Waals surface area contributed by atoms with Crippen LogP contribution in [-0.2, 0) is 9.59 Å². The average molecular weight is 446 g/mol. The third-order valence-electron chi connectivity index (χ3n) is 5.67. The van der Waals surface area contributed by atoms with Crippen LogP contribution in [0.1, 0.15) is 61.7 Å². The molecule has 0 aromatic heterocycles. The molecule has 0 saturated heterocycles. The SMILES string of the molecule is NC(=O)c1ccc(NC(=O)[C@H](CC2CCCCC2)NC(=O)[C@@H](N)CCCN=C(N)N)cc1. The molecule has 2 rings (SSSR count). The molecule has 1 aromatic carbocycles. The smallest absolute Gasteiger partial charge is 0.248 e. The average Bonchev–Trinajstić information content (AvgIpc) is 2.77. The van der Waals surface area contributed by atoms with Gasteiger partial charge < -0.3 is 33.6 Å². The van der Waals surface area contributed by atoms with Crippen LogP contribution in [0.15, 0.2) is 29.3 Å². The molecule has 1 aliphatic carbocycles. The van der Waals surface area contributed by atoms with Crippen molar-refractivity contribution in [2.45, 2.75) is 63.5 Å². The van der Waals surface area contributed by atoms with Gasteiger partial charge in [-0.1, -0.05) is 32.1 Å². The number of aliphatic imine (C=N–C) groups is 1. The van der Waals surface area contributed by atoms with Gasteiger partial charge in [0.15, 0.2) is 5.96 Å². The Morgan fingerprint density at radius 3 is 2.25 bits per heavy atom. The summed E-state index contributed by atoms with van der Waals surface area (Å²) >= 11 is 0. The first-order valence-corrected chi connectivity index (χ1v) is 11.1. The Bertz CT molecular complexity index is 800. The highest BCUT2D eigenvalue weighted by Gasteiger charge is 2.27. The number of guanidine groups is 1. The molecule has 0 heterocycles. The van der Waals surface area contributed by atoms with E-state index in [0.717, 1.165) is 25.7 Å². The van der Waals surface area contributed by atoms with Gasteiger partial charge in [0, 0.05) is 17.8 Å². The molecule has 32 heavy (non-hydrogen) atoms. The molecule has 1 saturated carbocycles. The van der Waals surface area contributed by atoms with Crippen molar-refractivity contribution in [3.8, 4) is 0 Å². The van der Waals surface area contributed by atoms with Gasteiger partial charge in [-0.15, -0.1) is 0 Å². The van der Waals surface area contributed by atoms with Crippen LogP contribution in [0.5, 0.6) is 0 Å². The first kappa shape index (κ1) is 25.1. The summed E-state index contributed by atoms with van der Waals surface area (Å²) in [6, 6.07) is 4.82. The van der Waals surface area contributed by atoms with Crippen molar-refractivity contribution in [1.82, 2.24) is 5.32 Å². The second kappa shape index (κ2) is 12.7. The minimum atomic E-state index is -0.763. The fourth-order valence-corrected chi connectivity index (χ4v) is 3.86. The summed E-state index contributed by atoms with van der Waals surface area (Å²) < 4.78 is 0. The second-order valence-electron chi connectivity index (χ2n) is 8.29. The number of carbonyl (C=O) groups is 3. The molecule has 1 aliphatic rings. The molecule has 10 heteroatoms. The number of benzene rings is 1. The molecule has 1 aromatic rings. The van der Waals surface area contributed by atoms with Gasteiger partial charge in [0.25, 0.3) is 0 Å². The van der Waals surface area contributed by atoms with Crippen LogP contribution >= 0.6 is 0 Å². The molecule has 0 unspecified atom stereocenters. The number of amides is 3. The van der Waals surface area contributed by atoms with Crippen molar-refractivity contribution in [1.29, 1.82) is 0 Å². The maximum Gasteiger partial charge on any atom is 0.248 e. The molecule has 1 fully saturated rings. The highest BCUT2D eigenvalue weighted by molar-refractivity contribution is 5.98. The number of anilines is 1. The van der Waals surface area contributed by atoms with Gasteiger partial charge in [0.05, 0.1) is 6.04 Å². The fourth-order valence-electron chi connectivity index (χ4n) is 3.86. The third kappa shape index (κ3) is 8.54. The van der Waals surface area contributed by atoms with E-state index >= 15 is 0 Å². The number of rotatable bonds is 11. The summed E-state index contributed by atoms with van der Waals surface area (Å²) in [5, 5.41) is 5.64. The van der Waals surface area contributed by atoms with E-state index in [0.29, 0.717) is 43.0 Å². The highest BCUT2D eigenvalue weighted by Crippen LogP contribution is 2.27. The van der Waals surface area contributed by atoms with Crippen LogP contribution < -0.4 is 33.6 Å². The number of primary amides is 1. The Balaban J connectivity index is 2.00. The Hall–Kier alpha value is -3.14. The van der Waals surface area contributed by atoms with E-state index in [-0.39, 0.29) is 17.8 Å². The van der Waals surface area contributed by atoms with Gasteiger partial charge in [0.1, 0.15) is 6.04 Å². The second-order valence-corrected chi connectivity index (χ2v) is 8.29. The summed E-state index contributed by atoms with van der Waals surface area (Å²) in [7, 11) is 0. The van der Waals surface area contributed by atoms with E-state index in [1.54, 1.807) is 24.3 Å². The van der Waals surface area contributed by atoms with E-state index in [4.69, 9.17) is 22.9 Å². The summed E-state index contributed by atoms with van der Waals surface area (Å²) in [5.41, 5.74) is 22.7. The van der Waals surface area contributed by atoms with Crippen molar-refractivity contribution in [2.75, 3.05) is 11.9 Å². The maximum absolute atomic E-state index is 13.0. The fraction of sp³-hybridized carbons (Fsp3) is 0.545. The summed E-state index contributed by atoms with van der Waals surface area (Å²) in [5.74, 6) is -0.872. The Morgan fingerprint density at radius 1 is 1.00 bits per heavy atom. The lowest BCUT2D eigenvalue weighted by atomic mass is 9.84. The topological polar surface area (TPSA) is 192 Å². The normalized spacial score (nSPS) is 15.9. The maximum atomic E-state index is 13.0. The van der Waals surface area contributed by atoms with Crippen LogP contribution in [-0.4, -0.2) is 42.3 Å². The molecular weight excluding hydrogens is 410 g/mol. The Kier molecular flexibility index (Phi) is 9.93. The number of nitrogens with two attached hydrogens (primary N) is 4. The van der Waals surface area contributed by atoms with Crippen LogP contribution in [0, 0.1) is 5.92 Å². The predicted octanol–water partition coefficient (Wildman–Crippen LogP) is 0.560. The molecule has 2 atom stereocenters. The van der Waals surface area contributed by atoms with Crippen LogP contribution in [0.25, 0.3) is 0 Å². The molecule has 3 amide bonds. The van der Waals surface area contributed by atoms with Crippen molar-refractivity contribution < 1.29 is 14.4 Å². The lowest BCUT2D eigenvalue weighted by Gasteiger charge is -2.27. The molecule has 176 valence electrons. The van der Waals surface area contributed by atoms with Gasteiger partial charge in [-0.05, 0) is 49.4 Å². The highest BCUT2D eigenvalue weighted by atomic mass is 16.2. The largest absolute Gasteiger partial charge is 0.370 e. The monoisotopic (exact) mass is 445 g/mol. The van der Waals surface area contributed by atoms with Crippen molar-refractivity contribution in [2.24, 2.45) is 33.8 Å². The van der Waals surface area contributed by atoms with Crippen LogP contribution in [0.2, 0.25) is 0 Å². The zero-order valence-electron chi connectivity index (χ0n) is 18.4. The summed E-state index contributed by atoms with van der Waals surface area (Å²) in [4.78, 5) is 40.8. The number of hydrogen-bond acceptors (Lipinski definition) is 5. The number of nitrogens with zero attached hydrogens (tertiary/aromatic N) is 1. The first-order chi connectivity index (χ1) is 15.3. The molecule has 10 N–H and O–H groups in total. The molecule has 0 spiro atoms. The minimum Gasteiger partial charge on any atom is -0.370 e. The predicted molar refractivity (Wildman–Crippen MR) is 125 cm³/mol. The number of carbonyl (C=O) groups excluding carboxylic acids is 3. The van der Waals surface area contributed by atoms with Crippen LogP contribution in [0.4, 0.5) is 5.69 Å². The third-order valence-corrected chi connectivity index (χ3v) is 5.67. The first-order valence-electron chi connectivity index (χ1n) is 11.1. The van der Waals surface area contributed by atoms with Crippen LogP contribution in [0.3, 0.4) is 0 Å². The van der Waals surface area contributed by atoms with Gasteiger partial charge in [-0.25, -0.2) is 0 Å². The standard InChI is InChI=1S/C22H35N7O3/c23-17(7-4-12-27-22(25)26)20(31)29-18(13-14-5-2-1-3-6-14)21(32)28-16-10-8-15(9-11-16)19(24)30/h8-11,14,17-18H,1-7,12-13,23H2,(H2,24,30)(H,28,32)(H,29,31)(H4,25,26,27)/t17-,18-/m0/s1. The molecule has 0 aliphatic heterocycles. The van der Waals surface area contributed by atoms with Crippen molar-refractivity contribution >= 4 is 29.4 Å². The van der Waals surface area contributed by atoms with E-state index in [2.05, 4.69) is 15.6 Å². The van der Waals surface area contributed by atoms with Crippen molar-refractivity contribution in [3.63, 3.8) is 0 Å². The number of hydrogen-bond donors (Lipinski definition) is 6. The molecule has 10 nitrogen and oxygen atoms in total. The summed E-state index contributed by atoms with van der Waals surface area (Å²) in [6.07, 6.45) is 7.05. The van der Waals surface area contributed by atoms with Gasteiger partial charge in [0.2, 0.25) is 17.7 Å². The van der Waals surface area contributed by atoms with E-state index in [1.165, 1.54) is 6.42 Å². The van der Waals surface area contributed by atoms with E-state index < -0.39 is 18.0 Å². The Morgan fingerprint density at radius 2 is 1.66 bits per heavy atom.